The summed E-state index contributed by atoms with van der Waals surface area (Å²) in [7, 11) is 0. The van der Waals surface area contributed by atoms with Crippen LogP contribution in [-0.2, 0) is 11.8 Å². The van der Waals surface area contributed by atoms with E-state index in [0.717, 1.165) is 11.1 Å². The summed E-state index contributed by atoms with van der Waals surface area (Å²) in [5, 5.41) is 20.0. The lowest BCUT2D eigenvalue weighted by atomic mass is 9.76. The summed E-state index contributed by atoms with van der Waals surface area (Å²) >= 11 is 6.06. The van der Waals surface area contributed by atoms with Crippen molar-refractivity contribution in [1.82, 2.24) is 0 Å². The number of hydrogen-bond donors (Lipinski definition) is 2. The van der Waals surface area contributed by atoms with Gasteiger partial charge in [-0.2, -0.15) is 0 Å². The number of benzene rings is 2. The summed E-state index contributed by atoms with van der Waals surface area (Å²) in [4.78, 5) is 0. The van der Waals surface area contributed by atoms with Crippen LogP contribution in [0.5, 0.6) is 0 Å². The zero-order valence-corrected chi connectivity index (χ0v) is 12.6. The Morgan fingerprint density at radius 3 is 2.33 bits per heavy atom. The van der Waals surface area contributed by atoms with E-state index >= 15 is 0 Å². The van der Waals surface area contributed by atoms with E-state index in [2.05, 4.69) is 0 Å². The van der Waals surface area contributed by atoms with Crippen LogP contribution in [0.15, 0.2) is 42.5 Å². The fourth-order valence-corrected chi connectivity index (χ4v) is 2.69. The van der Waals surface area contributed by atoms with E-state index in [1.54, 1.807) is 6.07 Å². The molecule has 0 aliphatic rings. The molecule has 0 spiro atoms. The van der Waals surface area contributed by atoms with Crippen LogP contribution in [0.4, 0.5) is 4.39 Å². The molecule has 2 aromatic carbocycles. The lowest BCUT2D eigenvalue weighted by Crippen LogP contribution is -2.37. The maximum Gasteiger partial charge on any atom is 0.127 e. The van der Waals surface area contributed by atoms with Crippen molar-refractivity contribution in [2.75, 3.05) is 13.2 Å². The van der Waals surface area contributed by atoms with E-state index in [4.69, 9.17) is 11.6 Å². The van der Waals surface area contributed by atoms with Gasteiger partial charge < -0.3 is 10.2 Å². The number of aryl methyl sites for hydroxylation is 1. The van der Waals surface area contributed by atoms with Crippen molar-refractivity contribution in [2.45, 2.75) is 18.8 Å². The molecule has 0 aliphatic heterocycles. The zero-order chi connectivity index (χ0) is 15.5. The molecule has 0 unspecified atom stereocenters. The van der Waals surface area contributed by atoms with E-state index in [0.29, 0.717) is 10.6 Å². The van der Waals surface area contributed by atoms with Crippen LogP contribution in [-0.4, -0.2) is 23.4 Å². The fourth-order valence-electron chi connectivity index (χ4n) is 2.46. The van der Waals surface area contributed by atoms with Crippen LogP contribution in [0.3, 0.4) is 0 Å². The van der Waals surface area contributed by atoms with Crippen molar-refractivity contribution in [2.24, 2.45) is 0 Å². The van der Waals surface area contributed by atoms with Gasteiger partial charge >= 0.3 is 0 Å². The maximum absolute atomic E-state index is 14.0. The number of rotatable bonds is 5. The Kier molecular flexibility index (Phi) is 4.99. The third kappa shape index (κ3) is 3.26. The van der Waals surface area contributed by atoms with E-state index < -0.39 is 11.2 Å². The van der Waals surface area contributed by atoms with Crippen LogP contribution in [0.2, 0.25) is 5.02 Å². The Bertz CT molecular complexity index is 604. The summed E-state index contributed by atoms with van der Waals surface area (Å²) in [6.07, 6.45) is 0.134. The quantitative estimate of drug-likeness (QED) is 0.890. The molecular formula is C17H18ClFO2. The highest BCUT2D eigenvalue weighted by Crippen LogP contribution is 2.32. The largest absolute Gasteiger partial charge is 0.395 e. The monoisotopic (exact) mass is 308 g/mol. The second-order valence-electron chi connectivity index (χ2n) is 5.34. The van der Waals surface area contributed by atoms with Gasteiger partial charge in [0.25, 0.3) is 0 Å². The van der Waals surface area contributed by atoms with Crippen molar-refractivity contribution < 1.29 is 14.6 Å². The molecule has 2 nitrogen and oxygen atoms in total. The average Bonchev–Trinajstić information content (AvgIpc) is 2.48. The molecule has 0 atom stereocenters. The van der Waals surface area contributed by atoms with Gasteiger partial charge in [-0.3, -0.25) is 0 Å². The molecule has 0 heterocycles. The normalized spacial score (nSPS) is 11.7. The third-order valence-corrected chi connectivity index (χ3v) is 4.17. The molecule has 0 saturated carbocycles. The molecule has 2 aromatic rings. The lowest BCUT2D eigenvalue weighted by Gasteiger charge is -2.31. The molecule has 0 aromatic heterocycles. The molecule has 2 N–H and O–H groups in total. The molecule has 0 bridgehead atoms. The van der Waals surface area contributed by atoms with Gasteiger partial charge in [-0.25, -0.2) is 4.39 Å². The zero-order valence-electron chi connectivity index (χ0n) is 11.8. The summed E-state index contributed by atoms with van der Waals surface area (Å²) < 4.78 is 14.0. The number of aliphatic hydroxyl groups excluding tert-OH is 2. The van der Waals surface area contributed by atoms with Crippen molar-refractivity contribution in [3.63, 3.8) is 0 Å². The van der Waals surface area contributed by atoms with Gasteiger partial charge in [-0.05, 0) is 31.0 Å². The third-order valence-electron chi connectivity index (χ3n) is 3.81. The van der Waals surface area contributed by atoms with Crippen LogP contribution >= 0.6 is 11.6 Å². The number of halogens is 2. The van der Waals surface area contributed by atoms with E-state index in [1.807, 2.05) is 31.2 Å². The van der Waals surface area contributed by atoms with Gasteiger partial charge in [0.05, 0.1) is 13.2 Å². The van der Waals surface area contributed by atoms with Crippen molar-refractivity contribution in [3.8, 4) is 0 Å². The molecule has 4 heteroatoms. The van der Waals surface area contributed by atoms with Gasteiger partial charge in [0.2, 0.25) is 0 Å². The van der Waals surface area contributed by atoms with Crippen molar-refractivity contribution in [1.29, 1.82) is 0 Å². The molecule has 0 radical (unpaired) electrons. The molecule has 0 fully saturated rings. The van der Waals surface area contributed by atoms with Crippen LogP contribution in [0, 0.1) is 12.7 Å². The van der Waals surface area contributed by atoms with Crippen LogP contribution < -0.4 is 0 Å². The highest BCUT2D eigenvalue weighted by atomic mass is 35.5. The maximum atomic E-state index is 14.0. The van der Waals surface area contributed by atoms with Gasteiger partial charge in [-0.15, -0.1) is 0 Å². The minimum atomic E-state index is -0.960. The molecular weight excluding hydrogens is 291 g/mol. The highest BCUT2D eigenvalue weighted by Gasteiger charge is 2.33. The standard InChI is InChI=1S/C17H18ClFO2/c1-12-4-2-5-13(8-12)17(10-20,11-21)9-14-15(18)6-3-7-16(14)19/h2-8,20-21H,9-11H2,1H3. The topological polar surface area (TPSA) is 40.5 Å². The summed E-state index contributed by atoms with van der Waals surface area (Å²) in [5.74, 6) is -0.429. The molecule has 112 valence electrons. The van der Waals surface area contributed by atoms with Crippen molar-refractivity contribution in [3.05, 3.63) is 70.0 Å². The number of hydrogen-bond acceptors (Lipinski definition) is 2. The molecule has 0 aliphatic carbocycles. The van der Waals surface area contributed by atoms with Gasteiger partial charge in [0, 0.05) is 16.0 Å². The van der Waals surface area contributed by atoms with E-state index in [1.165, 1.54) is 12.1 Å². The first-order valence-corrected chi connectivity index (χ1v) is 7.12. The fraction of sp³-hybridized carbons (Fsp3) is 0.294. The summed E-state index contributed by atoms with van der Waals surface area (Å²) in [5.41, 5.74) is 1.13. The molecule has 2 rings (SSSR count). The van der Waals surface area contributed by atoms with Crippen molar-refractivity contribution >= 4 is 11.6 Å². The first kappa shape index (κ1) is 16.0. The molecule has 0 amide bonds. The summed E-state index contributed by atoms with van der Waals surface area (Å²) in [6.45, 7) is 1.34. The first-order valence-electron chi connectivity index (χ1n) is 6.74. The summed E-state index contributed by atoms with van der Waals surface area (Å²) in [6, 6.07) is 12.0. The number of aliphatic hydroxyl groups is 2. The predicted molar refractivity (Wildman–Crippen MR) is 82.1 cm³/mol. The minimum Gasteiger partial charge on any atom is -0.395 e. The second-order valence-corrected chi connectivity index (χ2v) is 5.75. The Morgan fingerprint density at radius 2 is 1.76 bits per heavy atom. The smallest absolute Gasteiger partial charge is 0.127 e. The van der Waals surface area contributed by atoms with E-state index in [9.17, 15) is 14.6 Å². The lowest BCUT2D eigenvalue weighted by molar-refractivity contribution is 0.115. The Labute approximate surface area is 128 Å². The van der Waals surface area contributed by atoms with Gasteiger partial charge in [0.1, 0.15) is 5.82 Å². The van der Waals surface area contributed by atoms with Gasteiger partial charge in [-0.1, -0.05) is 47.5 Å². The minimum absolute atomic E-state index is 0.134. The van der Waals surface area contributed by atoms with Gasteiger partial charge in [0.15, 0.2) is 0 Å². The SMILES string of the molecule is Cc1cccc(C(CO)(CO)Cc2c(F)cccc2Cl)c1. The highest BCUT2D eigenvalue weighted by molar-refractivity contribution is 6.31. The van der Waals surface area contributed by atoms with Crippen LogP contribution in [0.1, 0.15) is 16.7 Å². The first-order chi connectivity index (χ1) is 10.0. The van der Waals surface area contributed by atoms with E-state index in [-0.39, 0.29) is 19.6 Å². The predicted octanol–water partition coefficient (Wildman–Crippen LogP) is 3.25. The average molecular weight is 309 g/mol. The molecule has 21 heavy (non-hydrogen) atoms. The van der Waals surface area contributed by atoms with Crippen LogP contribution in [0.25, 0.3) is 0 Å². The molecule has 0 saturated heterocycles. The Balaban J connectivity index is 2.48. The Hall–Kier alpha value is -1.42. The second kappa shape index (κ2) is 6.56. The Morgan fingerprint density at radius 1 is 1.10 bits per heavy atom.